The molecule has 1 aromatic carbocycles. The lowest BCUT2D eigenvalue weighted by atomic mass is 10.1. The second-order valence-corrected chi connectivity index (χ2v) is 2.87. The Morgan fingerprint density at radius 1 is 1.33 bits per heavy atom. The molecule has 0 spiro atoms. The van der Waals surface area contributed by atoms with E-state index in [-0.39, 0.29) is 0 Å². The van der Waals surface area contributed by atoms with Crippen LogP contribution in [0, 0.1) is 10.1 Å². The quantitative estimate of drug-likeness (QED) is 0.531. The number of nitro groups is 1. The lowest BCUT2D eigenvalue weighted by molar-refractivity contribution is -0.564. The Kier molecular flexibility index (Phi) is 2.36. The number of aromatic nitrogens is 4. The van der Waals surface area contributed by atoms with Gasteiger partial charge in [-0.25, -0.2) is 0 Å². The first-order chi connectivity index (χ1) is 7.25. The van der Waals surface area contributed by atoms with Gasteiger partial charge >= 0.3 is 0 Å². The monoisotopic (exact) mass is 205 g/mol. The van der Waals surface area contributed by atoms with E-state index in [1.54, 1.807) is 0 Å². The van der Waals surface area contributed by atoms with Gasteiger partial charge in [-0.05, 0) is 10.7 Å². The van der Waals surface area contributed by atoms with E-state index in [1.807, 2.05) is 30.3 Å². The first kappa shape index (κ1) is 9.25. The van der Waals surface area contributed by atoms with Crippen molar-refractivity contribution < 1.29 is 5.03 Å². The smallest absolute Gasteiger partial charge is 0.275 e. The minimum absolute atomic E-state index is 0.331. The molecular weight excluding hydrogens is 198 g/mol. The third kappa shape index (κ3) is 2.13. The molecule has 1 aromatic heterocycles. The molecule has 0 unspecified atom stereocenters. The summed E-state index contributed by atoms with van der Waals surface area (Å²) in [5, 5.41) is 20.0. The first-order valence-electron chi connectivity index (χ1n) is 4.23. The Hall–Kier alpha value is -2.31. The van der Waals surface area contributed by atoms with Crippen LogP contribution in [-0.2, 0) is 6.42 Å². The molecule has 2 rings (SSSR count). The van der Waals surface area contributed by atoms with E-state index in [9.17, 15) is 10.1 Å². The van der Waals surface area contributed by atoms with Gasteiger partial charge in [0.05, 0.1) is 6.42 Å². The van der Waals surface area contributed by atoms with Gasteiger partial charge in [-0.1, -0.05) is 30.3 Å². The predicted molar refractivity (Wildman–Crippen MR) is 49.5 cm³/mol. The molecule has 1 heterocycles. The van der Waals surface area contributed by atoms with Gasteiger partial charge in [0.2, 0.25) is 0 Å². The highest BCUT2D eigenvalue weighted by molar-refractivity contribution is 5.17. The number of rotatable bonds is 3. The fourth-order valence-corrected chi connectivity index (χ4v) is 1.15. The van der Waals surface area contributed by atoms with Crippen LogP contribution in [0.3, 0.4) is 0 Å². The number of hydrogen-bond donors (Lipinski definition) is 0. The Morgan fingerprint density at radius 2 is 2.07 bits per heavy atom. The van der Waals surface area contributed by atoms with Gasteiger partial charge in [0.1, 0.15) is 5.21 Å². The van der Waals surface area contributed by atoms with Gasteiger partial charge in [0.15, 0.2) is 4.91 Å². The van der Waals surface area contributed by atoms with Crippen molar-refractivity contribution in [3.8, 4) is 0 Å². The zero-order chi connectivity index (χ0) is 10.7. The molecular formula is C8H7N5O2. The molecule has 0 aliphatic heterocycles. The molecule has 7 nitrogen and oxygen atoms in total. The Labute approximate surface area is 84.5 Å². The zero-order valence-electron chi connectivity index (χ0n) is 7.65. The van der Waals surface area contributed by atoms with Crippen LogP contribution in [0.4, 0.5) is 0 Å². The molecule has 0 N–H and O–H groups in total. The van der Waals surface area contributed by atoms with E-state index in [0.29, 0.717) is 17.2 Å². The topological polar surface area (TPSA) is 86.7 Å². The van der Waals surface area contributed by atoms with Gasteiger partial charge in [0, 0.05) is 10.1 Å². The third-order valence-corrected chi connectivity index (χ3v) is 1.80. The Balaban J connectivity index is 2.15. The van der Waals surface area contributed by atoms with Crippen LogP contribution in [0.15, 0.2) is 30.3 Å². The van der Waals surface area contributed by atoms with Crippen molar-refractivity contribution in [3.05, 3.63) is 51.8 Å². The molecule has 7 heteroatoms. The summed E-state index contributed by atoms with van der Waals surface area (Å²) in [6.07, 6.45) is 0.439. The normalized spacial score (nSPS) is 10.1. The maximum absolute atomic E-state index is 10.3. The standard InChI is InChI=1S/C8H7N5O2/c14-13(15)12-10-8(9-11-12)6-7-4-2-1-3-5-7/h1-5H,6H2. The molecule has 0 bridgehead atoms. The van der Waals surface area contributed by atoms with Gasteiger partial charge in [-0.2, -0.15) is 0 Å². The fraction of sp³-hybridized carbons (Fsp3) is 0.125. The second kappa shape index (κ2) is 3.82. The second-order valence-electron chi connectivity index (χ2n) is 2.87. The van der Waals surface area contributed by atoms with Gasteiger partial charge in [0.25, 0.3) is 5.82 Å². The number of tetrazole rings is 1. The van der Waals surface area contributed by atoms with E-state index >= 15 is 0 Å². The van der Waals surface area contributed by atoms with Crippen molar-refractivity contribution in [3.63, 3.8) is 0 Å². The molecule has 0 fully saturated rings. The van der Waals surface area contributed by atoms with Crippen LogP contribution in [0.2, 0.25) is 0 Å². The minimum atomic E-state index is -0.735. The number of benzene rings is 1. The molecule has 0 amide bonds. The summed E-state index contributed by atoms with van der Waals surface area (Å²) < 4.78 is 0. The van der Waals surface area contributed by atoms with Crippen LogP contribution in [-0.4, -0.2) is 25.3 Å². The number of hydrogen-bond acceptors (Lipinski definition) is 5. The van der Waals surface area contributed by atoms with E-state index < -0.39 is 5.03 Å². The van der Waals surface area contributed by atoms with Gasteiger partial charge < -0.3 is 10.1 Å². The molecule has 0 atom stereocenters. The van der Waals surface area contributed by atoms with E-state index in [4.69, 9.17) is 0 Å². The average Bonchev–Trinajstić information content (AvgIpc) is 2.68. The van der Waals surface area contributed by atoms with Crippen LogP contribution < -0.4 is 0 Å². The van der Waals surface area contributed by atoms with Crippen molar-refractivity contribution in [1.82, 2.24) is 20.3 Å². The summed E-state index contributed by atoms with van der Waals surface area (Å²) >= 11 is 0. The van der Waals surface area contributed by atoms with E-state index in [1.165, 1.54) is 0 Å². The molecule has 15 heavy (non-hydrogen) atoms. The molecule has 2 aromatic rings. The molecule has 0 saturated heterocycles. The summed E-state index contributed by atoms with van der Waals surface area (Å²) in [7, 11) is 0. The van der Waals surface area contributed by atoms with Crippen molar-refractivity contribution in [1.29, 1.82) is 0 Å². The minimum Gasteiger partial charge on any atom is -0.372 e. The highest BCUT2D eigenvalue weighted by atomic mass is 16.7. The lowest BCUT2D eigenvalue weighted by Gasteiger charge is -1.91. The van der Waals surface area contributed by atoms with Crippen LogP contribution >= 0.6 is 0 Å². The maximum atomic E-state index is 10.3. The molecule has 0 radical (unpaired) electrons. The summed E-state index contributed by atoms with van der Waals surface area (Å²) in [5.74, 6) is 0.331. The molecule has 0 aliphatic rings. The van der Waals surface area contributed by atoms with Crippen molar-refractivity contribution in [2.45, 2.75) is 6.42 Å². The van der Waals surface area contributed by atoms with Gasteiger partial charge in [-0.15, -0.1) is 0 Å². The molecule has 0 aliphatic carbocycles. The van der Waals surface area contributed by atoms with Crippen molar-refractivity contribution in [2.24, 2.45) is 0 Å². The Morgan fingerprint density at radius 3 is 2.67 bits per heavy atom. The van der Waals surface area contributed by atoms with Crippen LogP contribution in [0.25, 0.3) is 0 Å². The van der Waals surface area contributed by atoms with Crippen LogP contribution in [0.1, 0.15) is 11.4 Å². The van der Waals surface area contributed by atoms with E-state index in [0.717, 1.165) is 5.56 Å². The van der Waals surface area contributed by atoms with E-state index in [2.05, 4.69) is 15.4 Å². The van der Waals surface area contributed by atoms with Crippen molar-refractivity contribution in [2.75, 3.05) is 0 Å². The molecule has 0 saturated carbocycles. The number of nitrogens with zero attached hydrogens (tertiary/aromatic N) is 5. The Bertz CT molecular complexity index is 467. The SMILES string of the molecule is O=[N+]([O-])n1nnc(Cc2ccccc2)n1. The first-order valence-corrected chi connectivity index (χ1v) is 4.23. The highest BCUT2D eigenvalue weighted by Gasteiger charge is 2.12. The average molecular weight is 205 g/mol. The fourth-order valence-electron chi connectivity index (χ4n) is 1.15. The summed E-state index contributed by atoms with van der Waals surface area (Å²) in [5.41, 5.74) is 0.986. The zero-order valence-corrected chi connectivity index (χ0v) is 7.65. The third-order valence-electron chi connectivity index (χ3n) is 1.80. The molecule has 76 valence electrons. The van der Waals surface area contributed by atoms with Gasteiger partial charge in [-0.3, -0.25) is 0 Å². The predicted octanol–water partition coefficient (Wildman–Crippen LogP) is 0.304. The van der Waals surface area contributed by atoms with Crippen LogP contribution in [0.5, 0.6) is 0 Å². The maximum Gasteiger partial charge on any atom is 0.275 e. The summed E-state index contributed by atoms with van der Waals surface area (Å²) in [6, 6.07) is 9.45. The van der Waals surface area contributed by atoms with Crippen molar-refractivity contribution >= 4 is 0 Å². The largest absolute Gasteiger partial charge is 0.372 e. The highest BCUT2D eigenvalue weighted by Crippen LogP contribution is 2.03. The lowest BCUT2D eigenvalue weighted by Crippen LogP contribution is -2.12. The summed E-state index contributed by atoms with van der Waals surface area (Å²) in [4.78, 5) is 10.6. The summed E-state index contributed by atoms with van der Waals surface area (Å²) in [6.45, 7) is 0.